The third-order valence-electron chi connectivity index (χ3n) is 9.33. The van der Waals surface area contributed by atoms with Crippen LogP contribution in [0.2, 0.25) is 0 Å². The molecule has 5 aromatic rings. The molecule has 12 heteroatoms. The molecule has 1 aromatic heterocycles. The molecule has 6 N–H and O–H groups in total. The predicted octanol–water partition coefficient (Wildman–Crippen LogP) is 6.25. The fourth-order valence-electron chi connectivity index (χ4n) is 6.44. The monoisotopic (exact) mass is 723 g/mol. The lowest BCUT2D eigenvalue weighted by Crippen LogP contribution is -2.38. The van der Waals surface area contributed by atoms with Crippen LogP contribution in [0.1, 0.15) is 76.4 Å². The van der Waals surface area contributed by atoms with Gasteiger partial charge in [-0.3, -0.25) is 4.79 Å². The zero-order valence-electron chi connectivity index (χ0n) is 29.6. The van der Waals surface area contributed by atoms with Gasteiger partial charge < -0.3 is 49.8 Å². The van der Waals surface area contributed by atoms with Gasteiger partial charge in [-0.1, -0.05) is 42.6 Å². The van der Waals surface area contributed by atoms with E-state index < -0.39 is 6.17 Å². The second kappa shape index (κ2) is 17.9. The minimum absolute atomic E-state index is 0.144. The molecular formula is C41H45N3O9. The van der Waals surface area contributed by atoms with E-state index >= 15 is 0 Å². The SMILES string of the molecule is COc1ccc(-c2cc(-c3cc(CO)c(CO)c(CO)c3)no2)cc1OCCCCCCCOc1ccc(C2NC(=O)c3ccccc3N2)cc1CO. The Morgan fingerprint density at radius 1 is 0.679 bits per heavy atom. The third-order valence-corrected chi connectivity index (χ3v) is 9.33. The van der Waals surface area contributed by atoms with E-state index in [1.165, 1.54) is 0 Å². The van der Waals surface area contributed by atoms with Crippen LogP contribution in [0.25, 0.3) is 22.6 Å². The van der Waals surface area contributed by atoms with Gasteiger partial charge in [0.05, 0.1) is 52.3 Å². The summed E-state index contributed by atoms with van der Waals surface area (Å²) in [6.45, 7) is 0.0142. The Hall–Kier alpha value is -5.40. The van der Waals surface area contributed by atoms with Crippen molar-refractivity contribution in [3.63, 3.8) is 0 Å². The number of carbonyl (C=O) groups is 1. The molecule has 0 fully saturated rings. The normalized spacial score (nSPS) is 13.6. The average molecular weight is 724 g/mol. The molecule has 1 atom stereocenters. The lowest BCUT2D eigenvalue weighted by molar-refractivity contribution is 0.0935. The van der Waals surface area contributed by atoms with Crippen molar-refractivity contribution in [1.82, 2.24) is 10.5 Å². The molecule has 1 aliphatic heterocycles. The van der Waals surface area contributed by atoms with E-state index in [2.05, 4.69) is 15.8 Å². The minimum atomic E-state index is -0.403. The van der Waals surface area contributed by atoms with Gasteiger partial charge in [-0.2, -0.15) is 0 Å². The first-order chi connectivity index (χ1) is 26.0. The third kappa shape index (κ3) is 8.81. The molecule has 1 aliphatic rings. The highest BCUT2D eigenvalue weighted by Crippen LogP contribution is 2.35. The van der Waals surface area contributed by atoms with Crippen LogP contribution in [0.3, 0.4) is 0 Å². The molecule has 53 heavy (non-hydrogen) atoms. The predicted molar refractivity (Wildman–Crippen MR) is 198 cm³/mol. The molecule has 0 saturated heterocycles. The lowest BCUT2D eigenvalue weighted by atomic mass is 9.97. The summed E-state index contributed by atoms with van der Waals surface area (Å²) in [5, 5.41) is 49.8. The van der Waals surface area contributed by atoms with Gasteiger partial charge in [-0.05, 0) is 89.7 Å². The topological polar surface area (TPSA) is 176 Å². The first-order valence-electron chi connectivity index (χ1n) is 17.7. The summed E-state index contributed by atoms with van der Waals surface area (Å²) in [7, 11) is 1.59. The molecule has 1 amide bonds. The molecular weight excluding hydrogens is 678 g/mol. The van der Waals surface area contributed by atoms with E-state index in [-0.39, 0.29) is 32.3 Å². The summed E-state index contributed by atoms with van der Waals surface area (Å²) in [6, 6.07) is 23.7. The number of unbranched alkanes of at least 4 members (excludes halogenated alkanes) is 4. The van der Waals surface area contributed by atoms with Crippen LogP contribution in [0.5, 0.6) is 17.2 Å². The summed E-state index contributed by atoms with van der Waals surface area (Å²) >= 11 is 0. The molecule has 2 heterocycles. The summed E-state index contributed by atoms with van der Waals surface area (Å²) in [6.07, 6.45) is 4.30. The first kappa shape index (κ1) is 37.4. The van der Waals surface area contributed by atoms with Crippen molar-refractivity contribution in [3.05, 3.63) is 112 Å². The number of hydrogen-bond acceptors (Lipinski definition) is 11. The Kier molecular flexibility index (Phi) is 12.6. The number of nitrogens with zero attached hydrogens (tertiary/aromatic N) is 1. The number of methoxy groups -OCH3 is 1. The Morgan fingerprint density at radius 3 is 2.06 bits per heavy atom. The van der Waals surface area contributed by atoms with Crippen molar-refractivity contribution in [3.8, 4) is 39.8 Å². The number of para-hydroxylation sites is 1. The zero-order chi connectivity index (χ0) is 37.2. The van der Waals surface area contributed by atoms with Crippen LogP contribution in [0.4, 0.5) is 5.69 Å². The zero-order valence-corrected chi connectivity index (χ0v) is 29.6. The van der Waals surface area contributed by atoms with Gasteiger partial charge >= 0.3 is 0 Å². The number of aliphatic hydroxyl groups excluding tert-OH is 4. The number of nitrogens with one attached hydrogen (secondary N) is 2. The number of benzene rings is 4. The largest absolute Gasteiger partial charge is 0.493 e. The number of fused-ring (bicyclic) bond motifs is 1. The number of amides is 1. The van der Waals surface area contributed by atoms with Gasteiger partial charge in [0.2, 0.25) is 0 Å². The molecule has 0 bridgehead atoms. The van der Waals surface area contributed by atoms with E-state index in [4.69, 9.17) is 18.7 Å². The molecule has 1 unspecified atom stereocenters. The molecule has 0 radical (unpaired) electrons. The van der Waals surface area contributed by atoms with Gasteiger partial charge in [-0.15, -0.1) is 0 Å². The number of anilines is 1. The van der Waals surface area contributed by atoms with Crippen molar-refractivity contribution >= 4 is 11.6 Å². The molecule has 0 aliphatic carbocycles. The van der Waals surface area contributed by atoms with Gasteiger partial charge in [0.25, 0.3) is 5.91 Å². The molecule has 0 spiro atoms. The fraction of sp³-hybridized carbons (Fsp3) is 0.317. The molecule has 0 saturated carbocycles. The molecule has 278 valence electrons. The summed E-state index contributed by atoms with van der Waals surface area (Å²) in [5.74, 6) is 2.19. The van der Waals surface area contributed by atoms with Gasteiger partial charge in [-0.25, -0.2) is 0 Å². The minimum Gasteiger partial charge on any atom is -0.493 e. The van der Waals surface area contributed by atoms with E-state index in [1.54, 1.807) is 31.4 Å². The van der Waals surface area contributed by atoms with Crippen molar-refractivity contribution in [2.24, 2.45) is 0 Å². The van der Waals surface area contributed by atoms with Crippen LogP contribution in [0.15, 0.2) is 83.4 Å². The number of rotatable bonds is 18. The van der Waals surface area contributed by atoms with Crippen LogP contribution < -0.4 is 24.8 Å². The quantitative estimate of drug-likeness (QED) is 0.0564. The average Bonchev–Trinajstić information content (AvgIpc) is 3.70. The van der Waals surface area contributed by atoms with Gasteiger partial charge in [0.15, 0.2) is 17.3 Å². The van der Waals surface area contributed by atoms with Crippen molar-refractivity contribution in [1.29, 1.82) is 0 Å². The second-order valence-corrected chi connectivity index (χ2v) is 12.8. The van der Waals surface area contributed by atoms with Crippen LogP contribution in [-0.4, -0.2) is 51.8 Å². The smallest absolute Gasteiger partial charge is 0.255 e. The highest BCUT2D eigenvalue weighted by atomic mass is 16.5. The van der Waals surface area contributed by atoms with E-state index in [0.717, 1.165) is 48.9 Å². The standard InChI is InChI=1S/C41H45N3O9/c1-50-37-14-11-26(38-21-35(44-53-38)28-18-29(22-45)33(25-48)30(19-28)23-46)20-39(37)52-16-8-4-2-3-7-15-51-36-13-12-27(17-31(36)24-47)40-42-34-10-6-5-9-32(34)41(49)43-40/h5-6,9-14,17-21,40,42,45-48H,2-4,7-8,15-16,22-25H2,1H3,(H,43,49). The van der Waals surface area contributed by atoms with Crippen LogP contribution in [-0.2, 0) is 26.4 Å². The van der Waals surface area contributed by atoms with Crippen molar-refractivity contribution in [2.75, 3.05) is 25.6 Å². The van der Waals surface area contributed by atoms with E-state index in [0.29, 0.717) is 75.3 Å². The van der Waals surface area contributed by atoms with E-state index in [9.17, 15) is 25.2 Å². The fourth-order valence-corrected chi connectivity index (χ4v) is 6.44. The van der Waals surface area contributed by atoms with Crippen molar-refractivity contribution < 1.29 is 44.0 Å². The summed E-state index contributed by atoms with van der Waals surface area (Å²) < 4.78 is 23.3. The first-order valence-corrected chi connectivity index (χ1v) is 17.7. The summed E-state index contributed by atoms with van der Waals surface area (Å²) in [4.78, 5) is 12.6. The Balaban J connectivity index is 0.948. The molecule has 4 aromatic carbocycles. The van der Waals surface area contributed by atoms with Crippen molar-refractivity contribution in [2.45, 2.75) is 64.7 Å². The Bertz CT molecular complexity index is 1990. The number of ether oxygens (including phenoxy) is 3. The Morgan fingerprint density at radius 2 is 1.36 bits per heavy atom. The second-order valence-electron chi connectivity index (χ2n) is 12.8. The number of hydrogen-bond donors (Lipinski definition) is 6. The van der Waals surface area contributed by atoms with Crippen LogP contribution >= 0.6 is 0 Å². The molecule has 6 rings (SSSR count). The highest BCUT2D eigenvalue weighted by Gasteiger charge is 2.25. The number of aromatic nitrogens is 1. The number of carbonyl (C=O) groups excluding carboxylic acids is 1. The van der Waals surface area contributed by atoms with E-state index in [1.807, 2.05) is 54.6 Å². The van der Waals surface area contributed by atoms with Crippen LogP contribution in [0, 0.1) is 0 Å². The maximum atomic E-state index is 12.6. The maximum absolute atomic E-state index is 12.6. The van der Waals surface area contributed by atoms with Gasteiger partial charge in [0.1, 0.15) is 17.6 Å². The maximum Gasteiger partial charge on any atom is 0.255 e. The highest BCUT2D eigenvalue weighted by molar-refractivity contribution is 6.01. The Labute approximate surface area is 308 Å². The lowest BCUT2D eigenvalue weighted by Gasteiger charge is -2.28. The number of aliphatic hydroxyl groups is 4. The van der Waals surface area contributed by atoms with Gasteiger partial charge in [0, 0.05) is 28.4 Å². The molecule has 12 nitrogen and oxygen atoms in total. The summed E-state index contributed by atoms with van der Waals surface area (Å²) in [5.41, 5.74) is 6.34.